The molecule has 0 spiro atoms. The molecule has 2 atom stereocenters. The number of aromatic nitrogens is 2. The van der Waals surface area contributed by atoms with Crippen molar-refractivity contribution in [3.05, 3.63) is 24.0 Å². The lowest BCUT2D eigenvalue weighted by Gasteiger charge is -2.17. The first-order valence-electron chi connectivity index (χ1n) is 6.98. The maximum absolute atomic E-state index is 11.3. The molecule has 1 aromatic heterocycles. The molecule has 0 N–H and O–H groups in total. The van der Waals surface area contributed by atoms with E-state index in [0.717, 1.165) is 29.0 Å². The van der Waals surface area contributed by atoms with Crippen molar-refractivity contribution in [1.82, 2.24) is 9.55 Å². The van der Waals surface area contributed by atoms with E-state index in [9.17, 15) is 4.21 Å². The number of nitrogens with zero attached hydrogens (tertiary/aromatic N) is 2. The van der Waals surface area contributed by atoms with Crippen LogP contribution in [0.15, 0.2) is 18.2 Å². The van der Waals surface area contributed by atoms with Crippen molar-refractivity contribution in [3.63, 3.8) is 0 Å². The third kappa shape index (κ3) is 3.58. The molecule has 21 heavy (non-hydrogen) atoms. The van der Waals surface area contributed by atoms with Gasteiger partial charge in [-0.15, -0.1) is 11.6 Å². The van der Waals surface area contributed by atoms with E-state index < -0.39 is 10.8 Å². The first kappa shape index (κ1) is 16.3. The number of para-hydroxylation sites is 1. The van der Waals surface area contributed by atoms with Gasteiger partial charge < -0.3 is 9.30 Å². The Labute approximate surface area is 132 Å². The van der Waals surface area contributed by atoms with E-state index >= 15 is 0 Å². The largest absolute Gasteiger partial charge is 0.494 e. The van der Waals surface area contributed by atoms with Gasteiger partial charge in [-0.25, -0.2) is 4.98 Å². The van der Waals surface area contributed by atoms with Crippen molar-refractivity contribution < 1.29 is 8.95 Å². The second-order valence-electron chi connectivity index (χ2n) is 5.08. The lowest BCUT2D eigenvalue weighted by Crippen LogP contribution is -2.12. The summed E-state index contributed by atoms with van der Waals surface area (Å²) in [7, 11) is 0.869. The number of benzene rings is 1. The maximum Gasteiger partial charge on any atom is 0.146 e. The zero-order valence-electron chi connectivity index (χ0n) is 12.6. The van der Waals surface area contributed by atoms with Crippen molar-refractivity contribution in [2.24, 2.45) is 0 Å². The van der Waals surface area contributed by atoms with Crippen LogP contribution >= 0.6 is 11.6 Å². The van der Waals surface area contributed by atoms with Crippen molar-refractivity contribution >= 4 is 33.4 Å². The van der Waals surface area contributed by atoms with Gasteiger partial charge in [0.1, 0.15) is 17.1 Å². The van der Waals surface area contributed by atoms with Gasteiger partial charge in [-0.1, -0.05) is 6.07 Å². The molecule has 116 valence electrons. The fraction of sp³-hybridized carbons (Fsp3) is 0.533. The Morgan fingerprint density at radius 1 is 1.48 bits per heavy atom. The Bertz CT molecular complexity index is 642. The maximum atomic E-state index is 11.3. The van der Waals surface area contributed by atoms with Gasteiger partial charge in [0, 0.05) is 41.2 Å². The highest BCUT2D eigenvalue weighted by atomic mass is 35.5. The fourth-order valence-corrected chi connectivity index (χ4v) is 3.36. The Hall–Kier alpha value is -1.07. The van der Waals surface area contributed by atoms with Crippen LogP contribution in [-0.2, 0) is 17.2 Å². The Kier molecular flexibility index (Phi) is 5.65. The molecule has 2 unspecified atom stereocenters. The van der Waals surface area contributed by atoms with Crippen molar-refractivity contribution in [3.8, 4) is 5.75 Å². The van der Waals surface area contributed by atoms with Crippen LogP contribution in [0, 0.1) is 0 Å². The van der Waals surface area contributed by atoms with Gasteiger partial charge in [-0.05, 0) is 25.5 Å². The highest BCUT2D eigenvalue weighted by Crippen LogP contribution is 2.29. The summed E-state index contributed by atoms with van der Waals surface area (Å²) in [6.07, 6.45) is 3.29. The molecule has 6 heteroatoms. The number of methoxy groups -OCH3 is 1. The van der Waals surface area contributed by atoms with Gasteiger partial charge in [0.2, 0.25) is 0 Å². The topological polar surface area (TPSA) is 44.1 Å². The molecule has 0 aliphatic carbocycles. The summed E-state index contributed by atoms with van der Waals surface area (Å²) in [5, 5.41) is 0. The van der Waals surface area contributed by atoms with Crippen molar-refractivity contribution in [2.45, 2.75) is 25.8 Å². The van der Waals surface area contributed by atoms with E-state index in [0.29, 0.717) is 18.1 Å². The van der Waals surface area contributed by atoms with Crippen LogP contribution in [0.3, 0.4) is 0 Å². The van der Waals surface area contributed by atoms with E-state index in [4.69, 9.17) is 21.3 Å². The Balaban J connectivity index is 2.48. The predicted octanol–water partition coefficient (Wildman–Crippen LogP) is 3.16. The zero-order valence-corrected chi connectivity index (χ0v) is 14.2. The minimum absolute atomic E-state index is 0.226. The molecule has 0 saturated carbocycles. The number of halogens is 1. The second kappa shape index (κ2) is 7.27. The Morgan fingerprint density at radius 2 is 2.24 bits per heavy atom. The van der Waals surface area contributed by atoms with E-state index in [1.165, 1.54) is 0 Å². The van der Waals surface area contributed by atoms with Crippen LogP contribution in [0.1, 0.15) is 25.2 Å². The predicted molar refractivity (Wildman–Crippen MR) is 89.0 cm³/mol. The quantitative estimate of drug-likeness (QED) is 0.733. The number of hydrogen-bond donors (Lipinski definition) is 0. The molecule has 0 aliphatic rings. The highest BCUT2D eigenvalue weighted by molar-refractivity contribution is 7.84. The minimum Gasteiger partial charge on any atom is -0.494 e. The van der Waals surface area contributed by atoms with Gasteiger partial charge in [0.25, 0.3) is 0 Å². The van der Waals surface area contributed by atoms with Crippen LogP contribution in [0.4, 0.5) is 0 Å². The molecule has 2 aromatic rings. The molecule has 0 amide bonds. The summed E-state index contributed by atoms with van der Waals surface area (Å²) in [4.78, 5) is 4.70. The second-order valence-corrected chi connectivity index (χ2v) is 7.01. The average Bonchev–Trinajstić information content (AvgIpc) is 2.83. The number of fused-ring (bicyclic) bond motifs is 1. The summed E-state index contributed by atoms with van der Waals surface area (Å²) in [5.41, 5.74) is 1.91. The van der Waals surface area contributed by atoms with E-state index in [1.54, 1.807) is 13.4 Å². The van der Waals surface area contributed by atoms with E-state index in [1.807, 2.05) is 18.2 Å². The van der Waals surface area contributed by atoms with Crippen LogP contribution in [0.5, 0.6) is 5.75 Å². The molecule has 2 rings (SSSR count). The molecule has 4 nitrogen and oxygen atoms in total. The number of alkyl halides is 1. The first-order chi connectivity index (χ1) is 10.1. The molecular formula is C15H21ClN2O2S. The monoisotopic (exact) mass is 328 g/mol. The molecule has 1 heterocycles. The summed E-state index contributed by atoms with van der Waals surface area (Å²) < 4.78 is 18.9. The average molecular weight is 329 g/mol. The van der Waals surface area contributed by atoms with Gasteiger partial charge in [-0.3, -0.25) is 4.21 Å². The van der Waals surface area contributed by atoms with Gasteiger partial charge in [0.15, 0.2) is 0 Å². The van der Waals surface area contributed by atoms with Gasteiger partial charge >= 0.3 is 0 Å². The normalized spacial score (nSPS) is 14.3. The van der Waals surface area contributed by atoms with Crippen molar-refractivity contribution in [1.29, 1.82) is 0 Å². The standard InChI is InChI=1S/C15H21ClN2O2S/c1-11(8-10-21(3)19)18-12-5-4-6-13(20-2)15(12)17-14(18)7-9-16/h4-6,11H,7-10H2,1-3H3. The molecule has 0 aliphatic heterocycles. The number of aryl methyl sites for hydroxylation is 1. The third-order valence-corrected chi connectivity index (χ3v) is 4.56. The van der Waals surface area contributed by atoms with Crippen LogP contribution in [0.25, 0.3) is 11.0 Å². The lowest BCUT2D eigenvalue weighted by molar-refractivity contribution is 0.419. The summed E-state index contributed by atoms with van der Waals surface area (Å²) >= 11 is 5.91. The van der Waals surface area contributed by atoms with E-state index in [2.05, 4.69) is 11.5 Å². The molecule has 0 fully saturated rings. The highest BCUT2D eigenvalue weighted by Gasteiger charge is 2.18. The zero-order chi connectivity index (χ0) is 15.4. The summed E-state index contributed by atoms with van der Waals surface area (Å²) in [6.45, 7) is 2.13. The minimum atomic E-state index is -0.782. The molecule has 0 radical (unpaired) electrons. The molecule has 0 bridgehead atoms. The fourth-order valence-electron chi connectivity index (χ4n) is 2.52. The molecular weight excluding hydrogens is 308 g/mol. The van der Waals surface area contributed by atoms with Gasteiger partial charge in [-0.2, -0.15) is 0 Å². The van der Waals surface area contributed by atoms with Crippen LogP contribution in [0.2, 0.25) is 0 Å². The third-order valence-electron chi connectivity index (χ3n) is 3.56. The number of rotatable bonds is 7. The van der Waals surface area contributed by atoms with E-state index in [-0.39, 0.29) is 6.04 Å². The van der Waals surface area contributed by atoms with Crippen LogP contribution in [-0.4, -0.2) is 38.8 Å². The number of ether oxygens (including phenoxy) is 1. The smallest absolute Gasteiger partial charge is 0.146 e. The molecule has 1 aromatic carbocycles. The van der Waals surface area contributed by atoms with Crippen LogP contribution < -0.4 is 4.74 Å². The lowest BCUT2D eigenvalue weighted by atomic mass is 10.2. The number of imidazole rings is 1. The Morgan fingerprint density at radius 3 is 2.86 bits per heavy atom. The van der Waals surface area contributed by atoms with Crippen molar-refractivity contribution in [2.75, 3.05) is 25.0 Å². The SMILES string of the molecule is COc1cccc2c1nc(CCCl)n2C(C)CCS(C)=O. The number of hydrogen-bond acceptors (Lipinski definition) is 3. The first-order valence-corrected chi connectivity index (χ1v) is 9.24. The summed E-state index contributed by atoms with van der Waals surface area (Å²) in [5.74, 6) is 2.94. The molecule has 0 saturated heterocycles. The van der Waals surface area contributed by atoms with Gasteiger partial charge in [0.05, 0.1) is 12.6 Å². The summed E-state index contributed by atoms with van der Waals surface area (Å²) in [6, 6.07) is 6.15.